The molecule has 0 radical (unpaired) electrons. The molecule has 0 aliphatic heterocycles. The van der Waals surface area contributed by atoms with Crippen LogP contribution in [0.2, 0.25) is 5.22 Å². The molecule has 1 heterocycles. The van der Waals surface area contributed by atoms with Crippen LogP contribution in [0.4, 0.5) is 0 Å². The molecule has 2 N–H and O–H groups in total. The molecule has 0 spiro atoms. The van der Waals surface area contributed by atoms with E-state index in [1.165, 1.54) is 12.1 Å². The van der Waals surface area contributed by atoms with Crippen LogP contribution in [0, 0.1) is 0 Å². The van der Waals surface area contributed by atoms with Crippen molar-refractivity contribution in [3.8, 4) is 0 Å². The van der Waals surface area contributed by atoms with E-state index in [0.717, 1.165) is 19.3 Å². The molecule has 1 aromatic rings. The number of aliphatic carboxylic acids is 1. The summed E-state index contributed by atoms with van der Waals surface area (Å²) in [6, 6.07) is 2.88. The highest BCUT2D eigenvalue weighted by molar-refractivity contribution is 6.29. The first-order chi connectivity index (χ1) is 8.53. The first kappa shape index (κ1) is 13.0. The van der Waals surface area contributed by atoms with Crippen molar-refractivity contribution in [2.75, 3.05) is 0 Å². The Labute approximate surface area is 109 Å². The lowest BCUT2D eigenvalue weighted by atomic mass is 9.81. The third-order valence-electron chi connectivity index (χ3n) is 3.27. The van der Waals surface area contributed by atoms with Gasteiger partial charge in [0.2, 0.25) is 0 Å². The van der Waals surface area contributed by atoms with Crippen LogP contribution in [0.1, 0.15) is 42.7 Å². The van der Waals surface area contributed by atoms with Gasteiger partial charge in [-0.15, -0.1) is 0 Å². The fourth-order valence-electron chi connectivity index (χ4n) is 2.26. The summed E-state index contributed by atoms with van der Waals surface area (Å²) in [5, 5.41) is 12.0. The summed E-state index contributed by atoms with van der Waals surface area (Å²) in [4.78, 5) is 23.3. The number of furan rings is 1. The fourth-order valence-corrected chi connectivity index (χ4v) is 2.41. The second kappa shape index (κ2) is 5.02. The summed E-state index contributed by atoms with van der Waals surface area (Å²) in [6.07, 6.45) is 3.49. The molecule has 0 unspecified atom stereocenters. The van der Waals surface area contributed by atoms with Crippen molar-refractivity contribution in [1.82, 2.24) is 5.32 Å². The minimum atomic E-state index is -1.17. The summed E-state index contributed by atoms with van der Waals surface area (Å²) < 4.78 is 4.97. The van der Waals surface area contributed by atoms with Gasteiger partial charge in [-0.05, 0) is 36.6 Å². The van der Waals surface area contributed by atoms with Crippen molar-refractivity contribution in [2.24, 2.45) is 0 Å². The Kier molecular flexibility index (Phi) is 3.61. The predicted molar refractivity (Wildman–Crippen MR) is 64.6 cm³/mol. The highest BCUT2D eigenvalue weighted by Gasteiger charge is 2.41. The number of hydrogen-bond acceptors (Lipinski definition) is 3. The van der Waals surface area contributed by atoms with Crippen molar-refractivity contribution < 1.29 is 19.1 Å². The lowest BCUT2D eigenvalue weighted by Gasteiger charge is -2.33. The second-order valence-corrected chi connectivity index (χ2v) is 4.88. The van der Waals surface area contributed by atoms with E-state index in [1.54, 1.807) is 0 Å². The fraction of sp³-hybridized carbons (Fsp3) is 0.500. The highest BCUT2D eigenvalue weighted by Crippen LogP contribution is 2.29. The number of carboxylic acid groups (broad SMARTS) is 1. The van der Waals surface area contributed by atoms with E-state index >= 15 is 0 Å². The molecule has 1 aromatic heterocycles. The van der Waals surface area contributed by atoms with Gasteiger partial charge in [-0.2, -0.15) is 0 Å². The van der Waals surface area contributed by atoms with Crippen molar-refractivity contribution >= 4 is 23.5 Å². The molecule has 1 aliphatic rings. The Bertz CT molecular complexity index is 462. The minimum absolute atomic E-state index is 0.0335. The Morgan fingerprint density at radius 2 is 1.94 bits per heavy atom. The quantitative estimate of drug-likeness (QED) is 0.885. The topological polar surface area (TPSA) is 79.5 Å². The number of carboxylic acids is 1. The molecular weight excluding hydrogens is 258 g/mol. The van der Waals surface area contributed by atoms with Crippen LogP contribution in [-0.4, -0.2) is 22.5 Å². The summed E-state index contributed by atoms with van der Waals surface area (Å²) >= 11 is 5.58. The molecule has 98 valence electrons. The average molecular weight is 272 g/mol. The van der Waals surface area contributed by atoms with Crippen LogP contribution < -0.4 is 5.32 Å². The van der Waals surface area contributed by atoms with Gasteiger partial charge in [0, 0.05) is 0 Å². The maximum absolute atomic E-state index is 11.9. The van der Waals surface area contributed by atoms with Crippen molar-refractivity contribution in [1.29, 1.82) is 0 Å². The van der Waals surface area contributed by atoms with E-state index in [9.17, 15) is 14.7 Å². The van der Waals surface area contributed by atoms with E-state index in [2.05, 4.69) is 5.32 Å². The molecule has 0 aromatic carbocycles. The standard InChI is InChI=1S/C12H14ClNO4/c13-9-5-4-8(18-9)10(15)14-12(11(16)17)6-2-1-3-7-12/h4-5H,1-3,6-7H2,(H,14,15)(H,16,17). The SMILES string of the molecule is O=C(NC1(C(=O)O)CCCCC1)c1ccc(Cl)o1. The zero-order chi connectivity index (χ0) is 13.2. The largest absolute Gasteiger partial charge is 0.480 e. The van der Waals surface area contributed by atoms with E-state index in [4.69, 9.17) is 16.0 Å². The second-order valence-electron chi connectivity index (χ2n) is 4.51. The number of carbonyl (C=O) groups is 2. The van der Waals surface area contributed by atoms with Gasteiger partial charge >= 0.3 is 5.97 Å². The lowest BCUT2D eigenvalue weighted by molar-refractivity contribution is -0.145. The third kappa shape index (κ3) is 2.51. The molecular formula is C12H14ClNO4. The number of nitrogens with one attached hydrogen (secondary N) is 1. The molecule has 1 saturated carbocycles. The van der Waals surface area contributed by atoms with Crippen LogP contribution in [-0.2, 0) is 4.79 Å². The van der Waals surface area contributed by atoms with Gasteiger partial charge in [0.15, 0.2) is 11.0 Å². The Balaban J connectivity index is 2.14. The van der Waals surface area contributed by atoms with E-state index < -0.39 is 17.4 Å². The van der Waals surface area contributed by atoms with Gasteiger partial charge in [-0.1, -0.05) is 19.3 Å². The smallest absolute Gasteiger partial charge is 0.329 e. The van der Waals surface area contributed by atoms with E-state index in [0.29, 0.717) is 12.8 Å². The summed E-state index contributed by atoms with van der Waals surface area (Å²) in [6.45, 7) is 0. The summed E-state index contributed by atoms with van der Waals surface area (Å²) in [5.74, 6) is -1.49. The van der Waals surface area contributed by atoms with Crippen molar-refractivity contribution in [3.05, 3.63) is 23.1 Å². The number of carbonyl (C=O) groups excluding carboxylic acids is 1. The van der Waals surface area contributed by atoms with Gasteiger partial charge < -0.3 is 14.8 Å². The summed E-state index contributed by atoms with van der Waals surface area (Å²) in [5.41, 5.74) is -1.17. The molecule has 1 fully saturated rings. The normalized spacial score (nSPS) is 18.3. The van der Waals surface area contributed by atoms with Crippen LogP contribution in [0.5, 0.6) is 0 Å². The van der Waals surface area contributed by atoms with Crippen molar-refractivity contribution in [3.63, 3.8) is 0 Å². The molecule has 5 nitrogen and oxygen atoms in total. The number of rotatable bonds is 3. The zero-order valence-electron chi connectivity index (χ0n) is 9.74. The van der Waals surface area contributed by atoms with Gasteiger partial charge in [0.1, 0.15) is 5.54 Å². The summed E-state index contributed by atoms with van der Waals surface area (Å²) in [7, 11) is 0. The Hall–Kier alpha value is -1.49. The molecule has 18 heavy (non-hydrogen) atoms. The first-order valence-electron chi connectivity index (χ1n) is 5.85. The number of hydrogen-bond donors (Lipinski definition) is 2. The zero-order valence-corrected chi connectivity index (χ0v) is 10.5. The molecule has 0 bridgehead atoms. The van der Waals surface area contributed by atoms with Crippen LogP contribution in [0.15, 0.2) is 16.5 Å². The van der Waals surface area contributed by atoms with Crippen LogP contribution in [0.25, 0.3) is 0 Å². The van der Waals surface area contributed by atoms with Gasteiger partial charge in [0.05, 0.1) is 0 Å². The minimum Gasteiger partial charge on any atom is -0.480 e. The lowest BCUT2D eigenvalue weighted by Crippen LogP contribution is -2.55. The van der Waals surface area contributed by atoms with E-state index in [1.807, 2.05) is 0 Å². The van der Waals surface area contributed by atoms with E-state index in [-0.39, 0.29) is 11.0 Å². The third-order valence-corrected chi connectivity index (χ3v) is 3.47. The molecule has 2 rings (SSSR count). The molecule has 1 amide bonds. The molecule has 0 saturated heterocycles. The van der Waals surface area contributed by atoms with Gasteiger partial charge in [0.25, 0.3) is 5.91 Å². The molecule has 0 atom stereocenters. The first-order valence-corrected chi connectivity index (χ1v) is 6.22. The maximum atomic E-state index is 11.9. The predicted octanol–water partition coefficient (Wildman–Crippen LogP) is 2.45. The van der Waals surface area contributed by atoms with Gasteiger partial charge in [-0.25, -0.2) is 4.79 Å². The maximum Gasteiger partial charge on any atom is 0.329 e. The highest BCUT2D eigenvalue weighted by atomic mass is 35.5. The Morgan fingerprint density at radius 3 is 2.44 bits per heavy atom. The van der Waals surface area contributed by atoms with Gasteiger partial charge in [-0.3, -0.25) is 4.79 Å². The average Bonchev–Trinajstić information content (AvgIpc) is 2.77. The van der Waals surface area contributed by atoms with Crippen molar-refractivity contribution in [2.45, 2.75) is 37.6 Å². The number of amides is 1. The van der Waals surface area contributed by atoms with Crippen LogP contribution in [0.3, 0.4) is 0 Å². The number of halogens is 1. The molecule has 1 aliphatic carbocycles. The Morgan fingerprint density at radius 1 is 1.28 bits per heavy atom. The van der Waals surface area contributed by atoms with Crippen LogP contribution >= 0.6 is 11.6 Å². The molecule has 6 heteroatoms. The monoisotopic (exact) mass is 271 g/mol.